The Morgan fingerprint density at radius 3 is 2.71 bits per heavy atom. The van der Waals surface area contributed by atoms with Gasteiger partial charge < -0.3 is 15.4 Å². The highest BCUT2D eigenvalue weighted by Gasteiger charge is 2.17. The van der Waals surface area contributed by atoms with Gasteiger partial charge in [-0.25, -0.2) is 0 Å². The van der Waals surface area contributed by atoms with Crippen molar-refractivity contribution >= 4 is 0 Å². The molecule has 1 fully saturated rings. The van der Waals surface area contributed by atoms with Crippen molar-refractivity contribution in [2.24, 2.45) is 11.7 Å². The zero-order valence-corrected chi connectivity index (χ0v) is 13.4. The number of nitrogens with two attached hydrogens (primary N) is 1. The van der Waals surface area contributed by atoms with Crippen molar-refractivity contribution in [1.29, 1.82) is 0 Å². The van der Waals surface area contributed by atoms with Gasteiger partial charge in [-0.2, -0.15) is 0 Å². The van der Waals surface area contributed by atoms with Crippen molar-refractivity contribution in [3.8, 4) is 5.75 Å². The van der Waals surface area contributed by atoms with Gasteiger partial charge in [-0.15, -0.1) is 0 Å². The summed E-state index contributed by atoms with van der Waals surface area (Å²) in [6, 6.07) is 8.06. The predicted octanol–water partition coefficient (Wildman–Crippen LogP) is 3.43. The molecule has 1 saturated heterocycles. The van der Waals surface area contributed by atoms with Crippen molar-refractivity contribution in [3.63, 3.8) is 0 Å². The molecule has 1 aromatic carbocycles. The lowest BCUT2D eigenvalue weighted by Crippen LogP contribution is -2.34. The van der Waals surface area contributed by atoms with Crippen molar-refractivity contribution < 1.29 is 4.74 Å². The number of likely N-dealkylation sites (tertiary alicyclic amines) is 1. The molecule has 1 aliphatic rings. The third-order valence-electron chi connectivity index (χ3n) is 4.47. The number of ether oxygens (including phenoxy) is 1. The first kappa shape index (κ1) is 16.3. The number of benzene rings is 1. The average Bonchev–Trinajstić information content (AvgIpc) is 2.54. The van der Waals surface area contributed by atoms with E-state index < -0.39 is 0 Å². The molecule has 3 heteroatoms. The molecular formula is C18H30N2O. The minimum atomic E-state index is 0.543. The summed E-state index contributed by atoms with van der Waals surface area (Å²) in [4.78, 5) is 2.59. The van der Waals surface area contributed by atoms with Crippen LogP contribution in [-0.4, -0.2) is 31.1 Å². The average molecular weight is 290 g/mol. The Labute approximate surface area is 129 Å². The molecule has 2 N–H and O–H groups in total. The van der Waals surface area contributed by atoms with Crippen LogP contribution < -0.4 is 10.5 Å². The van der Waals surface area contributed by atoms with E-state index in [2.05, 4.69) is 11.8 Å². The van der Waals surface area contributed by atoms with E-state index in [1.165, 1.54) is 38.8 Å². The van der Waals surface area contributed by atoms with Crippen LogP contribution in [0.4, 0.5) is 0 Å². The topological polar surface area (TPSA) is 38.5 Å². The minimum Gasteiger partial charge on any atom is -0.493 e. The number of hydrogen-bond acceptors (Lipinski definition) is 3. The molecule has 1 heterocycles. The summed E-state index contributed by atoms with van der Waals surface area (Å²) < 4.78 is 5.87. The van der Waals surface area contributed by atoms with E-state index in [1.54, 1.807) is 0 Å². The summed E-state index contributed by atoms with van der Waals surface area (Å²) in [7, 11) is 0. The molecule has 0 atom stereocenters. The molecule has 1 aliphatic heterocycles. The molecule has 0 unspecified atom stereocenters. The molecule has 0 amide bonds. The van der Waals surface area contributed by atoms with E-state index in [0.29, 0.717) is 6.54 Å². The second-order valence-electron chi connectivity index (χ2n) is 6.09. The molecule has 3 nitrogen and oxygen atoms in total. The summed E-state index contributed by atoms with van der Waals surface area (Å²) in [5.74, 6) is 1.92. The van der Waals surface area contributed by atoms with E-state index in [-0.39, 0.29) is 0 Å². The van der Waals surface area contributed by atoms with E-state index >= 15 is 0 Å². The number of para-hydroxylation sites is 1. The number of nitrogens with zero attached hydrogens (tertiary/aromatic N) is 1. The van der Waals surface area contributed by atoms with Crippen LogP contribution in [0.2, 0.25) is 0 Å². The van der Waals surface area contributed by atoms with Gasteiger partial charge >= 0.3 is 0 Å². The molecule has 21 heavy (non-hydrogen) atoms. The summed E-state index contributed by atoms with van der Waals surface area (Å²) in [6.45, 7) is 7.31. The molecule has 0 radical (unpaired) electrons. The fraction of sp³-hybridized carbons (Fsp3) is 0.667. The lowest BCUT2D eigenvalue weighted by molar-refractivity contribution is 0.166. The maximum atomic E-state index is 5.87. The van der Waals surface area contributed by atoms with Crippen LogP contribution in [0.1, 0.15) is 44.6 Å². The zero-order valence-electron chi connectivity index (χ0n) is 13.4. The monoisotopic (exact) mass is 290 g/mol. The van der Waals surface area contributed by atoms with E-state index in [0.717, 1.165) is 36.8 Å². The van der Waals surface area contributed by atoms with Gasteiger partial charge in [0.25, 0.3) is 0 Å². The van der Waals surface area contributed by atoms with Gasteiger partial charge in [0.15, 0.2) is 0 Å². The number of rotatable bonds is 8. The van der Waals surface area contributed by atoms with Gasteiger partial charge in [0.05, 0.1) is 6.61 Å². The van der Waals surface area contributed by atoms with Crippen molar-refractivity contribution in [3.05, 3.63) is 29.8 Å². The van der Waals surface area contributed by atoms with Gasteiger partial charge in [-0.1, -0.05) is 38.0 Å². The summed E-state index contributed by atoms with van der Waals surface area (Å²) in [6.07, 6.45) is 6.60. The largest absolute Gasteiger partial charge is 0.493 e. The van der Waals surface area contributed by atoms with Crippen LogP contribution in [0.5, 0.6) is 5.75 Å². The maximum Gasteiger partial charge on any atom is 0.123 e. The van der Waals surface area contributed by atoms with Gasteiger partial charge in [-0.05, 0) is 44.3 Å². The van der Waals surface area contributed by atoms with E-state index in [9.17, 15) is 0 Å². The van der Waals surface area contributed by atoms with Crippen LogP contribution in [0, 0.1) is 5.92 Å². The highest BCUT2D eigenvalue weighted by Crippen LogP contribution is 2.22. The van der Waals surface area contributed by atoms with Crippen molar-refractivity contribution in [2.45, 2.75) is 45.6 Å². The molecule has 0 bridgehead atoms. The van der Waals surface area contributed by atoms with Gasteiger partial charge in [0.1, 0.15) is 5.75 Å². The fourth-order valence-electron chi connectivity index (χ4n) is 3.19. The Hall–Kier alpha value is -1.06. The maximum absolute atomic E-state index is 5.87. The summed E-state index contributed by atoms with van der Waals surface area (Å²) >= 11 is 0. The highest BCUT2D eigenvalue weighted by molar-refractivity contribution is 5.32. The van der Waals surface area contributed by atoms with Crippen molar-refractivity contribution in [2.75, 3.05) is 26.2 Å². The van der Waals surface area contributed by atoms with Crippen LogP contribution in [-0.2, 0) is 6.54 Å². The van der Waals surface area contributed by atoms with E-state index in [4.69, 9.17) is 10.5 Å². The Kier molecular flexibility index (Phi) is 7.04. The third kappa shape index (κ3) is 5.33. The van der Waals surface area contributed by atoms with Gasteiger partial charge in [0.2, 0.25) is 0 Å². The van der Waals surface area contributed by atoms with E-state index in [1.807, 2.05) is 24.3 Å². The van der Waals surface area contributed by atoms with Gasteiger partial charge in [0, 0.05) is 18.7 Å². The fourth-order valence-corrected chi connectivity index (χ4v) is 3.19. The lowest BCUT2D eigenvalue weighted by atomic mass is 9.92. The van der Waals surface area contributed by atoms with Gasteiger partial charge in [-0.3, -0.25) is 0 Å². The first-order chi connectivity index (χ1) is 10.3. The highest BCUT2D eigenvalue weighted by atomic mass is 16.5. The first-order valence-corrected chi connectivity index (χ1v) is 8.46. The normalized spacial score (nSPS) is 17.0. The molecule has 1 aromatic rings. The van der Waals surface area contributed by atoms with Crippen LogP contribution in [0.3, 0.4) is 0 Å². The molecular weight excluding hydrogens is 260 g/mol. The quantitative estimate of drug-likeness (QED) is 0.746. The molecule has 0 spiro atoms. The summed E-state index contributed by atoms with van der Waals surface area (Å²) in [5, 5.41) is 0. The van der Waals surface area contributed by atoms with Crippen LogP contribution in [0.25, 0.3) is 0 Å². The number of piperidine rings is 1. The smallest absolute Gasteiger partial charge is 0.123 e. The molecule has 0 aromatic heterocycles. The lowest BCUT2D eigenvalue weighted by Gasteiger charge is -2.31. The molecule has 0 saturated carbocycles. The van der Waals surface area contributed by atoms with Crippen LogP contribution in [0.15, 0.2) is 24.3 Å². The Balaban J connectivity index is 1.62. The first-order valence-electron chi connectivity index (χ1n) is 8.46. The predicted molar refractivity (Wildman–Crippen MR) is 88.5 cm³/mol. The number of hydrogen-bond donors (Lipinski definition) is 1. The van der Waals surface area contributed by atoms with Crippen molar-refractivity contribution in [1.82, 2.24) is 4.90 Å². The van der Waals surface area contributed by atoms with Crippen LogP contribution >= 0.6 is 0 Å². The minimum absolute atomic E-state index is 0.543. The molecule has 118 valence electrons. The zero-order chi connectivity index (χ0) is 14.9. The molecule has 0 aliphatic carbocycles. The summed E-state index contributed by atoms with van der Waals surface area (Å²) in [5.41, 5.74) is 6.82. The SMILES string of the molecule is CCCC1CCN(CCCOc2ccccc2CN)CC1. The second-order valence-corrected chi connectivity index (χ2v) is 6.09. The standard InChI is InChI=1S/C18H30N2O/c1-2-6-16-9-12-20(13-10-16)11-5-14-21-18-8-4-3-7-17(18)15-19/h3-4,7-8,16H,2,5-6,9-15,19H2,1H3. The third-order valence-corrected chi connectivity index (χ3v) is 4.47. The molecule has 2 rings (SSSR count). The second kappa shape index (κ2) is 9.06. The Morgan fingerprint density at radius 1 is 1.24 bits per heavy atom. The Morgan fingerprint density at radius 2 is 2.00 bits per heavy atom. The Bertz CT molecular complexity index is 400.